The molecule has 0 aliphatic heterocycles. The second kappa shape index (κ2) is 5.98. The molecule has 1 saturated carbocycles. The number of aromatic nitrogens is 3. The highest BCUT2D eigenvalue weighted by molar-refractivity contribution is 5.96. The Morgan fingerprint density at radius 1 is 1.31 bits per heavy atom. The summed E-state index contributed by atoms with van der Waals surface area (Å²) in [5.74, 6) is -1.29. The molecule has 0 radical (unpaired) electrons. The highest BCUT2D eigenvalue weighted by Crippen LogP contribution is 2.34. The molecule has 132 valence electrons. The van der Waals surface area contributed by atoms with Gasteiger partial charge in [-0.15, -0.1) is 0 Å². The maximum absolute atomic E-state index is 13.7. The van der Waals surface area contributed by atoms with Crippen LogP contribution >= 0.6 is 0 Å². The quantitative estimate of drug-likeness (QED) is 0.578. The Hall–Kier alpha value is -3.16. The van der Waals surface area contributed by atoms with Gasteiger partial charge in [-0.2, -0.15) is 4.73 Å². The van der Waals surface area contributed by atoms with Crippen LogP contribution in [0.5, 0.6) is 0 Å². The van der Waals surface area contributed by atoms with E-state index >= 15 is 0 Å². The summed E-state index contributed by atoms with van der Waals surface area (Å²) in [6.07, 6.45) is 4.47. The molecule has 8 heteroatoms. The highest BCUT2D eigenvalue weighted by Gasteiger charge is 2.43. The van der Waals surface area contributed by atoms with Gasteiger partial charge in [0.25, 0.3) is 0 Å². The van der Waals surface area contributed by atoms with Gasteiger partial charge < -0.3 is 10.5 Å². The molecular weight excluding hydrogens is 342 g/mol. The van der Waals surface area contributed by atoms with E-state index in [0.29, 0.717) is 26.6 Å². The molecule has 1 aliphatic carbocycles. The third-order valence-corrected chi connectivity index (χ3v) is 4.48. The van der Waals surface area contributed by atoms with Gasteiger partial charge in [0, 0.05) is 29.4 Å². The number of fused-ring (bicyclic) bond motifs is 1. The first kappa shape index (κ1) is 16.3. The number of carbonyl (C=O) groups excluding carboxylic acids is 1. The van der Waals surface area contributed by atoms with Gasteiger partial charge in [0.05, 0.1) is 23.1 Å². The Labute approximate surface area is 147 Å². The van der Waals surface area contributed by atoms with Crippen LogP contribution in [0.2, 0.25) is 0 Å². The van der Waals surface area contributed by atoms with Crippen molar-refractivity contribution in [1.29, 1.82) is 0 Å². The highest BCUT2D eigenvalue weighted by atomic mass is 19.1. The number of amides is 1. The molecule has 6 nitrogen and oxygen atoms in total. The zero-order valence-corrected chi connectivity index (χ0v) is 13.7. The number of hydrogen-bond donors (Lipinski definition) is 1. The predicted molar refractivity (Wildman–Crippen MR) is 90.3 cm³/mol. The summed E-state index contributed by atoms with van der Waals surface area (Å²) >= 11 is 0. The van der Waals surface area contributed by atoms with Gasteiger partial charge in [-0.3, -0.25) is 9.78 Å². The van der Waals surface area contributed by atoms with Gasteiger partial charge in [-0.25, -0.2) is 13.8 Å². The minimum Gasteiger partial charge on any atom is -0.618 e. The monoisotopic (exact) mass is 356 g/mol. The van der Waals surface area contributed by atoms with Crippen LogP contribution in [0.3, 0.4) is 0 Å². The van der Waals surface area contributed by atoms with Crippen LogP contribution in [0.1, 0.15) is 12.0 Å². The van der Waals surface area contributed by atoms with Crippen LogP contribution in [0.15, 0.2) is 36.9 Å². The van der Waals surface area contributed by atoms with E-state index in [9.17, 15) is 18.8 Å². The molecule has 26 heavy (non-hydrogen) atoms. The van der Waals surface area contributed by atoms with Gasteiger partial charge in [0.15, 0.2) is 6.20 Å². The van der Waals surface area contributed by atoms with Gasteiger partial charge in [0.2, 0.25) is 11.6 Å². The second-order valence-electron chi connectivity index (χ2n) is 6.32. The van der Waals surface area contributed by atoms with Crippen molar-refractivity contribution in [2.24, 2.45) is 5.92 Å². The van der Waals surface area contributed by atoms with Gasteiger partial charge >= 0.3 is 0 Å². The summed E-state index contributed by atoms with van der Waals surface area (Å²) in [7, 11) is 0. The number of carbonyl (C=O) groups is 1. The molecule has 0 aromatic carbocycles. The number of anilines is 1. The molecule has 0 bridgehead atoms. The first-order valence-corrected chi connectivity index (χ1v) is 8.02. The molecular formula is C18H14F2N4O2. The smallest absolute Gasteiger partial charge is 0.231 e. The zero-order chi connectivity index (χ0) is 18.4. The number of alkyl halides is 1. The average Bonchev–Trinajstić information content (AvgIpc) is 3.34. The standard InChI is InChI=1S/C18H14F2N4O2/c1-9-13(6-21-7-15(9)20)16-2-10-5-22-17(3-11(10)8-24(16)26)23-18(25)12-4-14(12)19/h2-3,5-8,12,14H,4H2,1H3,(H,22,23,25). The lowest BCUT2D eigenvalue weighted by Crippen LogP contribution is -2.29. The number of halogens is 2. The molecule has 4 rings (SSSR count). The zero-order valence-electron chi connectivity index (χ0n) is 13.7. The maximum atomic E-state index is 13.7. The number of nitrogens with zero attached hydrogens (tertiary/aromatic N) is 3. The van der Waals surface area contributed by atoms with Crippen LogP contribution < -0.4 is 10.0 Å². The maximum Gasteiger partial charge on any atom is 0.231 e. The van der Waals surface area contributed by atoms with E-state index in [0.717, 1.165) is 6.20 Å². The van der Waals surface area contributed by atoms with Crippen LogP contribution in [0.25, 0.3) is 22.0 Å². The molecule has 0 saturated heterocycles. The molecule has 1 N–H and O–H groups in total. The Morgan fingerprint density at radius 2 is 2.08 bits per heavy atom. The molecule has 2 atom stereocenters. The number of hydrogen-bond acceptors (Lipinski definition) is 4. The topological polar surface area (TPSA) is 81.8 Å². The number of rotatable bonds is 3. The van der Waals surface area contributed by atoms with Crippen molar-refractivity contribution in [3.63, 3.8) is 0 Å². The Morgan fingerprint density at radius 3 is 2.81 bits per heavy atom. The lowest BCUT2D eigenvalue weighted by atomic mass is 10.1. The summed E-state index contributed by atoms with van der Waals surface area (Å²) in [5.41, 5.74) is 0.965. The second-order valence-corrected chi connectivity index (χ2v) is 6.32. The Kier molecular flexibility index (Phi) is 3.75. The lowest BCUT2D eigenvalue weighted by Gasteiger charge is -2.10. The number of pyridine rings is 3. The number of nitrogens with one attached hydrogen (secondary N) is 1. The molecule has 1 fully saturated rings. The van der Waals surface area contributed by atoms with E-state index in [4.69, 9.17) is 0 Å². The molecule has 0 spiro atoms. The van der Waals surface area contributed by atoms with Gasteiger partial charge in [0.1, 0.15) is 17.8 Å². The summed E-state index contributed by atoms with van der Waals surface area (Å²) < 4.78 is 27.3. The third kappa shape index (κ3) is 2.83. The van der Waals surface area contributed by atoms with E-state index in [-0.39, 0.29) is 17.9 Å². The van der Waals surface area contributed by atoms with Crippen LogP contribution in [0.4, 0.5) is 14.6 Å². The molecule has 3 aromatic heterocycles. The molecule has 1 aliphatic rings. The fourth-order valence-corrected chi connectivity index (χ4v) is 2.80. The van der Waals surface area contributed by atoms with Crippen molar-refractivity contribution in [1.82, 2.24) is 9.97 Å². The molecule has 3 heterocycles. The molecule has 2 unspecified atom stereocenters. The molecule has 1 amide bonds. The fourth-order valence-electron chi connectivity index (χ4n) is 2.80. The lowest BCUT2D eigenvalue weighted by molar-refractivity contribution is -0.592. The minimum absolute atomic E-state index is 0.227. The predicted octanol–water partition coefficient (Wildman–Crippen LogP) is 2.67. The Balaban J connectivity index is 1.71. The summed E-state index contributed by atoms with van der Waals surface area (Å²) in [6.45, 7) is 1.57. The van der Waals surface area contributed by atoms with Crippen molar-refractivity contribution in [2.75, 3.05) is 5.32 Å². The van der Waals surface area contributed by atoms with E-state index in [1.807, 2.05) is 0 Å². The van der Waals surface area contributed by atoms with Gasteiger partial charge in [-0.05, 0) is 19.4 Å². The van der Waals surface area contributed by atoms with Crippen molar-refractivity contribution in [2.45, 2.75) is 19.5 Å². The van der Waals surface area contributed by atoms with Crippen LogP contribution in [0, 0.1) is 23.9 Å². The van der Waals surface area contributed by atoms with Crippen molar-refractivity contribution >= 4 is 22.5 Å². The summed E-state index contributed by atoms with van der Waals surface area (Å²) in [5, 5.41) is 16.1. The average molecular weight is 356 g/mol. The summed E-state index contributed by atoms with van der Waals surface area (Å²) in [6, 6.07) is 3.13. The molecule has 3 aromatic rings. The van der Waals surface area contributed by atoms with E-state index in [2.05, 4.69) is 15.3 Å². The van der Waals surface area contributed by atoms with Crippen LogP contribution in [-0.2, 0) is 4.79 Å². The van der Waals surface area contributed by atoms with Gasteiger partial charge in [-0.1, -0.05) is 0 Å². The minimum atomic E-state index is -1.09. The van der Waals surface area contributed by atoms with E-state index in [1.165, 1.54) is 24.7 Å². The van der Waals surface area contributed by atoms with Crippen LogP contribution in [-0.4, -0.2) is 22.0 Å². The summed E-state index contributed by atoms with van der Waals surface area (Å²) in [4.78, 5) is 19.7. The van der Waals surface area contributed by atoms with E-state index in [1.54, 1.807) is 13.0 Å². The first-order valence-electron chi connectivity index (χ1n) is 8.02. The first-order chi connectivity index (χ1) is 12.4. The largest absolute Gasteiger partial charge is 0.618 e. The fraction of sp³-hybridized carbons (Fsp3) is 0.222. The Bertz CT molecular complexity index is 1040. The normalized spacial score (nSPS) is 18.7. The van der Waals surface area contributed by atoms with Crippen molar-refractivity contribution in [3.8, 4) is 11.3 Å². The van der Waals surface area contributed by atoms with Crippen molar-refractivity contribution < 1.29 is 18.3 Å². The third-order valence-electron chi connectivity index (χ3n) is 4.48. The van der Waals surface area contributed by atoms with Crippen molar-refractivity contribution in [3.05, 3.63) is 53.5 Å². The SMILES string of the molecule is Cc1c(F)cncc1-c1cc2cnc(NC(=O)C3CC3F)cc2c[n+]1[O-]. The van der Waals surface area contributed by atoms with E-state index < -0.39 is 23.8 Å².